The monoisotopic (exact) mass is 780 g/mol. The van der Waals surface area contributed by atoms with Crippen LogP contribution in [0.25, 0.3) is 109 Å². The molecule has 0 aliphatic carbocycles. The number of rotatable bonds is 10. The predicted molar refractivity (Wildman–Crippen MR) is 247 cm³/mol. The van der Waals surface area contributed by atoms with Gasteiger partial charge in [0, 0.05) is 0 Å². The molecule has 0 aliphatic rings. The van der Waals surface area contributed by atoms with Crippen molar-refractivity contribution in [3.63, 3.8) is 0 Å². The molecule has 0 amide bonds. The number of methoxy groups -OCH3 is 5. The SMILES string of the molecule is COc1ccc(-c2cc3c(-c4ccc(OC)cc4)cc4c(-c5ccc(OC)cc5)cc5c(-c6ccc(OC)cc6)cc6c(-c7ccc(OC)cc7)cc2c2c6c5c4c32)cc1. The Labute approximate surface area is 347 Å². The van der Waals surface area contributed by atoms with Crippen molar-refractivity contribution in [2.45, 2.75) is 0 Å². The van der Waals surface area contributed by atoms with Gasteiger partial charge in [-0.05, 0) is 200 Å². The first-order chi connectivity index (χ1) is 29.5. The molecule has 0 radical (unpaired) electrons. The van der Waals surface area contributed by atoms with E-state index in [0.717, 1.165) is 56.6 Å². The zero-order chi connectivity index (χ0) is 40.6. The zero-order valence-electron chi connectivity index (χ0n) is 34.0. The third-order valence-electron chi connectivity index (χ3n) is 12.5. The van der Waals surface area contributed by atoms with E-state index in [2.05, 4.69) is 152 Å². The van der Waals surface area contributed by atoms with Gasteiger partial charge in [0.05, 0.1) is 35.5 Å². The Balaban J connectivity index is 1.38. The van der Waals surface area contributed by atoms with E-state index in [1.807, 2.05) is 0 Å². The normalized spacial score (nSPS) is 11.8. The lowest BCUT2D eigenvalue weighted by Crippen LogP contribution is -1.91. The molecule has 11 aromatic rings. The first-order valence-corrected chi connectivity index (χ1v) is 20.1. The second-order valence-electron chi connectivity index (χ2n) is 15.4. The highest BCUT2D eigenvalue weighted by molar-refractivity contribution is 6.49. The molecular formula is C55H40O5. The summed E-state index contributed by atoms with van der Waals surface area (Å²) in [5.41, 5.74) is 11.5. The van der Waals surface area contributed by atoms with Gasteiger partial charge >= 0.3 is 0 Å². The van der Waals surface area contributed by atoms with Crippen molar-refractivity contribution < 1.29 is 23.7 Å². The fraction of sp³-hybridized carbons (Fsp3) is 0.0909. The Morgan fingerprint density at radius 3 is 0.500 bits per heavy atom. The topological polar surface area (TPSA) is 46.2 Å². The van der Waals surface area contributed by atoms with Crippen molar-refractivity contribution in [1.82, 2.24) is 0 Å². The minimum atomic E-state index is 0.824. The largest absolute Gasteiger partial charge is 0.497 e. The van der Waals surface area contributed by atoms with Crippen LogP contribution in [0.3, 0.4) is 0 Å². The molecule has 5 nitrogen and oxygen atoms in total. The molecular weight excluding hydrogens is 741 g/mol. The molecule has 0 aromatic heterocycles. The molecule has 0 saturated heterocycles. The van der Waals surface area contributed by atoms with Gasteiger partial charge in [-0.25, -0.2) is 0 Å². The first kappa shape index (κ1) is 35.6. The maximum absolute atomic E-state index is 5.63. The van der Waals surface area contributed by atoms with Crippen molar-refractivity contribution in [2.24, 2.45) is 0 Å². The average Bonchev–Trinajstić information content (AvgIpc) is 3.69. The molecule has 11 rings (SSSR count). The van der Waals surface area contributed by atoms with Crippen LogP contribution in [0.4, 0.5) is 0 Å². The van der Waals surface area contributed by atoms with Gasteiger partial charge in [0.1, 0.15) is 28.7 Å². The summed E-state index contributed by atoms with van der Waals surface area (Å²) in [6.45, 7) is 0. The molecule has 11 aromatic carbocycles. The Morgan fingerprint density at radius 2 is 0.367 bits per heavy atom. The van der Waals surface area contributed by atoms with Crippen molar-refractivity contribution in [1.29, 1.82) is 0 Å². The summed E-state index contributed by atoms with van der Waals surface area (Å²) in [6.07, 6.45) is 0. The second kappa shape index (κ2) is 13.8. The van der Waals surface area contributed by atoms with Gasteiger partial charge in [-0.3, -0.25) is 0 Å². The van der Waals surface area contributed by atoms with Crippen molar-refractivity contribution in [3.8, 4) is 84.4 Å². The van der Waals surface area contributed by atoms with E-state index in [4.69, 9.17) is 23.7 Å². The van der Waals surface area contributed by atoms with E-state index < -0.39 is 0 Å². The Morgan fingerprint density at radius 1 is 0.217 bits per heavy atom. The number of hydrogen-bond donors (Lipinski definition) is 0. The number of hydrogen-bond acceptors (Lipinski definition) is 5. The summed E-state index contributed by atoms with van der Waals surface area (Å²) in [7, 11) is 8.57. The van der Waals surface area contributed by atoms with Gasteiger partial charge in [-0.1, -0.05) is 60.7 Å². The maximum Gasteiger partial charge on any atom is 0.118 e. The lowest BCUT2D eigenvalue weighted by molar-refractivity contribution is 0.415. The fourth-order valence-corrected chi connectivity index (χ4v) is 9.55. The second-order valence-corrected chi connectivity index (χ2v) is 15.4. The Bertz CT molecular complexity index is 2780. The van der Waals surface area contributed by atoms with Gasteiger partial charge in [0.25, 0.3) is 0 Å². The van der Waals surface area contributed by atoms with Crippen molar-refractivity contribution in [3.05, 3.63) is 152 Å². The minimum Gasteiger partial charge on any atom is -0.497 e. The molecule has 0 saturated carbocycles. The standard InChI is InChI=1S/C55H40O5/c1-56-36-16-6-31(7-17-36)41-26-47-43(33-10-20-38(58-3)21-11-33)28-49-45(35-14-24-40(60-5)25-15-35)30-50-44(34-12-22-39(59-4)23-13-34)29-48-42(32-8-18-37(57-2)19-9-32)27-46(41)51-52(47)54(49)55(50)53(48)51/h6-30H,1-5H3. The molecule has 60 heavy (non-hydrogen) atoms. The molecule has 0 aliphatic heterocycles. The highest BCUT2D eigenvalue weighted by Crippen LogP contribution is 2.57. The van der Waals surface area contributed by atoms with Crippen LogP contribution < -0.4 is 23.7 Å². The summed E-state index contributed by atoms with van der Waals surface area (Å²) in [5.74, 6) is 4.12. The molecule has 0 bridgehead atoms. The lowest BCUT2D eigenvalue weighted by Gasteiger charge is -2.17. The molecule has 0 heterocycles. The Kier molecular flexibility index (Phi) is 8.21. The van der Waals surface area contributed by atoms with E-state index in [9.17, 15) is 0 Å². The fourth-order valence-electron chi connectivity index (χ4n) is 9.55. The highest BCUT2D eigenvalue weighted by Gasteiger charge is 2.29. The van der Waals surface area contributed by atoms with Crippen LogP contribution in [0, 0.1) is 0 Å². The number of ether oxygens (including phenoxy) is 5. The summed E-state index contributed by atoms with van der Waals surface area (Å²) >= 11 is 0. The van der Waals surface area contributed by atoms with E-state index in [0.29, 0.717) is 0 Å². The van der Waals surface area contributed by atoms with E-state index >= 15 is 0 Å². The van der Waals surface area contributed by atoms with Crippen LogP contribution in [0.15, 0.2) is 152 Å². The van der Waals surface area contributed by atoms with Crippen molar-refractivity contribution >= 4 is 53.9 Å². The molecule has 5 heteroatoms. The molecule has 0 unspecified atom stereocenters. The van der Waals surface area contributed by atoms with Crippen LogP contribution in [-0.2, 0) is 0 Å². The molecule has 0 N–H and O–H groups in total. The number of benzene rings is 10. The smallest absolute Gasteiger partial charge is 0.118 e. The van der Waals surface area contributed by atoms with Gasteiger partial charge in [0.15, 0.2) is 0 Å². The van der Waals surface area contributed by atoms with Crippen LogP contribution >= 0.6 is 0 Å². The van der Waals surface area contributed by atoms with Crippen LogP contribution in [0.2, 0.25) is 0 Å². The Hall–Kier alpha value is -7.50. The molecule has 290 valence electrons. The highest BCUT2D eigenvalue weighted by atomic mass is 16.5. The predicted octanol–water partition coefficient (Wildman–Crippen LogP) is 14.1. The van der Waals surface area contributed by atoms with Gasteiger partial charge in [0.2, 0.25) is 0 Å². The summed E-state index contributed by atoms with van der Waals surface area (Å²) in [5, 5.41) is 12.4. The average molecular weight is 781 g/mol. The summed E-state index contributed by atoms with van der Waals surface area (Å²) in [6, 6.07) is 54.4. The maximum atomic E-state index is 5.63. The van der Waals surface area contributed by atoms with E-state index in [1.54, 1.807) is 35.5 Å². The van der Waals surface area contributed by atoms with Crippen molar-refractivity contribution in [2.75, 3.05) is 35.5 Å². The summed E-state index contributed by atoms with van der Waals surface area (Å²) < 4.78 is 28.2. The van der Waals surface area contributed by atoms with Gasteiger partial charge < -0.3 is 23.7 Å². The first-order valence-electron chi connectivity index (χ1n) is 20.1. The molecule has 0 atom stereocenters. The molecule has 0 fully saturated rings. The van der Waals surface area contributed by atoms with Crippen LogP contribution in [0.1, 0.15) is 0 Å². The summed E-state index contributed by atoms with van der Waals surface area (Å²) in [4.78, 5) is 0. The molecule has 0 spiro atoms. The third-order valence-corrected chi connectivity index (χ3v) is 12.5. The van der Waals surface area contributed by atoms with E-state index in [1.165, 1.54) is 81.7 Å². The minimum absolute atomic E-state index is 0.824. The lowest BCUT2D eigenvalue weighted by atomic mass is 9.86. The van der Waals surface area contributed by atoms with Crippen LogP contribution in [-0.4, -0.2) is 35.5 Å². The van der Waals surface area contributed by atoms with E-state index in [-0.39, 0.29) is 0 Å². The third kappa shape index (κ3) is 5.32. The van der Waals surface area contributed by atoms with Gasteiger partial charge in [-0.15, -0.1) is 0 Å². The zero-order valence-corrected chi connectivity index (χ0v) is 34.0. The quantitative estimate of drug-likeness (QED) is 0.129. The van der Waals surface area contributed by atoms with Crippen LogP contribution in [0.5, 0.6) is 28.7 Å². The van der Waals surface area contributed by atoms with Gasteiger partial charge in [-0.2, -0.15) is 0 Å².